The fourth-order valence-corrected chi connectivity index (χ4v) is 2.52. The second-order valence-corrected chi connectivity index (χ2v) is 5.00. The number of phenolic OH excluding ortho intramolecular Hbond substituents is 1. The van der Waals surface area contributed by atoms with Gasteiger partial charge in [-0.3, -0.25) is 0 Å². The lowest BCUT2D eigenvalue weighted by Gasteiger charge is -2.23. The zero-order valence-corrected chi connectivity index (χ0v) is 10.3. The Hall–Kier alpha value is -0.730. The monoisotopic (exact) mass is 239 g/mol. The summed E-state index contributed by atoms with van der Waals surface area (Å²) >= 11 is 5.94. The van der Waals surface area contributed by atoms with Crippen molar-refractivity contribution in [3.8, 4) is 5.75 Å². The average Bonchev–Trinajstić information content (AvgIpc) is 2.31. The van der Waals surface area contributed by atoms with E-state index in [2.05, 4.69) is 5.32 Å². The Morgan fingerprint density at radius 3 is 2.75 bits per heavy atom. The van der Waals surface area contributed by atoms with Crippen LogP contribution in [0.25, 0.3) is 0 Å². The van der Waals surface area contributed by atoms with Gasteiger partial charge in [-0.25, -0.2) is 0 Å². The summed E-state index contributed by atoms with van der Waals surface area (Å²) in [5, 5.41) is 13.8. The molecule has 1 aliphatic heterocycles. The summed E-state index contributed by atoms with van der Waals surface area (Å²) in [6, 6.07) is 3.75. The van der Waals surface area contributed by atoms with E-state index in [0.717, 1.165) is 30.6 Å². The number of nitrogens with one attached hydrogen (secondary N) is 1. The van der Waals surface area contributed by atoms with Crippen molar-refractivity contribution in [2.24, 2.45) is 5.92 Å². The van der Waals surface area contributed by atoms with E-state index in [0.29, 0.717) is 10.9 Å². The lowest BCUT2D eigenvalue weighted by molar-refractivity contribution is 0.366. The summed E-state index contributed by atoms with van der Waals surface area (Å²) in [5.41, 5.74) is 2.17. The molecule has 0 aromatic heterocycles. The highest BCUT2D eigenvalue weighted by molar-refractivity contribution is 6.32. The van der Waals surface area contributed by atoms with Crippen LogP contribution < -0.4 is 5.32 Å². The number of hydrogen-bond acceptors (Lipinski definition) is 2. The molecular formula is C13H18ClNO. The zero-order valence-electron chi connectivity index (χ0n) is 9.59. The predicted molar refractivity (Wildman–Crippen MR) is 67.2 cm³/mol. The summed E-state index contributed by atoms with van der Waals surface area (Å²) in [4.78, 5) is 0. The number of rotatable bonds is 2. The van der Waals surface area contributed by atoms with E-state index in [1.807, 2.05) is 13.0 Å². The summed E-state index contributed by atoms with van der Waals surface area (Å²) in [6.45, 7) is 4.21. The molecule has 0 atom stereocenters. The first-order chi connectivity index (χ1) is 7.68. The van der Waals surface area contributed by atoms with Gasteiger partial charge in [0.15, 0.2) is 0 Å². The van der Waals surface area contributed by atoms with Crippen LogP contribution in [0.3, 0.4) is 0 Å². The van der Waals surface area contributed by atoms with E-state index in [1.165, 1.54) is 12.8 Å². The Morgan fingerprint density at radius 2 is 2.06 bits per heavy atom. The van der Waals surface area contributed by atoms with Crippen LogP contribution in [0.4, 0.5) is 0 Å². The molecule has 0 aliphatic carbocycles. The second-order valence-electron chi connectivity index (χ2n) is 4.59. The molecule has 2 N–H and O–H groups in total. The van der Waals surface area contributed by atoms with Gasteiger partial charge in [0.25, 0.3) is 0 Å². The molecule has 1 saturated heterocycles. The first-order valence-corrected chi connectivity index (χ1v) is 6.24. The van der Waals surface area contributed by atoms with Crippen LogP contribution in [0.2, 0.25) is 5.02 Å². The van der Waals surface area contributed by atoms with E-state index >= 15 is 0 Å². The van der Waals surface area contributed by atoms with Crippen molar-refractivity contribution in [1.82, 2.24) is 5.32 Å². The molecule has 0 amide bonds. The lowest BCUT2D eigenvalue weighted by atomic mass is 9.89. The first kappa shape index (κ1) is 11.7. The molecule has 2 rings (SSSR count). The minimum atomic E-state index is 0.278. The van der Waals surface area contributed by atoms with Gasteiger partial charge in [0.1, 0.15) is 5.75 Å². The van der Waals surface area contributed by atoms with E-state index in [-0.39, 0.29) is 5.75 Å². The topological polar surface area (TPSA) is 32.3 Å². The third-order valence-electron chi connectivity index (χ3n) is 3.42. The standard InChI is InChI=1S/C13H18ClNO/c1-9-2-3-12(14)13(16)11(9)8-10-4-6-15-7-5-10/h2-3,10,15-16H,4-8H2,1H3. The Labute approximate surface area is 102 Å². The molecule has 0 unspecified atom stereocenters. The Morgan fingerprint density at radius 1 is 1.38 bits per heavy atom. The minimum Gasteiger partial charge on any atom is -0.506 e. The van der Waals surface area contributed by atoms with Gasteiger partial charge in [-0.05, 0) is 62.4 Å². The molecule has 0 spiro atoms. The highest BCUT2D eigenvalue weighted by Gasteiger charge is 2.17. The van der Waals surface area contributed by atoms with Crippen LogP contribution in [0.1, 0.15) is 24.0 Å². The number of aromatic hydroxyl groups is 1. The SMILES string of the molecule is Cc1ccc(Cl)c(O)c1CC1CCNCC1. The molecule has 0 radical (unpaired) electrons. The number of aryl methyl sites for hydroxylation is 1. The third-order valence-corrected chi connectivity index (χ3v) is 3.72. The highest BCUT2D eigenvalue weighted by atomic mass is 35.5. The third kappa shape index (κ3) is 2.50. The molecule has 2 nitrogen and oxygen atoms in total. The van der Waals surface area contributed by atoms with E-state index in [1.54, 1.807) is 6.07 Å². The Kier molecular flexibility index (Phi) is 3.72. The Balaban J connectivity index is 2.16. The number of hydrogen-bond donors (Lipinski definition) is 2. The molecule has 1 fully saturated rings. The second kappa shape index (κ2) is 5.07. The van der Waals surface area contributed by atoms with Gasteiger partial charge in [-0.15, -0.1) is 0 Å². The van der Waals surface area contributed by atoms with Crippen LogP contribution in [-0.2, 0) is 6.42 Å². The summed E-state index contributed by atoms with van der Waals surface area (Å²) < 4.78 is 0. The lowest BCUT2D eigenvalue weighted by Crippen LogP contribution is -2.28. The van der Waals surface area contributed by atoms with Crippen LogP contribution in [0.5, 0.6) is 5.75 Å². The molecule has 0 saturated carbocycles. The number of benzene rings is 1. The fourth-order valence-electron chi connectivity index (χ4n) is 2.34. The van der Waals surface area contributed by atoms with Crippen molar-refractivity contribution >= 4 is 11.6 Å². The first-order valence-electron chi connectivity index (χ1n) is 5.86. The van der Waals surface area contributed by atoms with Crippen molar-refractivity contribution in [3.63, 3.8) is 0 Å². The van der Waals surface area contributed by atoms with E-state index < -0.39 is 0 Å². The van der Waals surface area contributed by atoms with Gasteiger partial charge >= 0.3 is 0 Å². The van der Waals surface area contributed by atoms with Gasteiger partial charge in [0.05, 0.1) is 5.02 Å². The molecule has 1 heterocycles. The van der Waals surface area contributed by atoms with Gasteiger partial charge in [-0.2, -0.15) is 0 Å². The van der Waals surface area contributed by atoms with Crippen LogP contribution in [0.15, 0.2) is 12.1 Å². The van der Waals surface area contributed by atoms with Crippen molar-refractivity contribution in [2.75, 3.05) is 13.1 Å². The van der Waals surface area contributed by atoms with Crippen LogP contribution >= 0.6 is 11.6 Å². The maximum atomic E-state index is 9.96. The quantitative estimate of drug-likeness (QED) is 0.832. The largest absolute Gasteiger partial charge is 0.506 e. The van der Waals surface area contributed by atoms with E-state index in [9.17, 15) is 5.11 Å². The average molecular weight is 240 g/mol. The van der Waals surface area contributed by atoms with E-state index in [4.69, 9.17) is 11.6 Å². The molecule has 3 heteroatoms. The zero-order chi connectivity index (χ0) is 11.5. The van der Waals surface area contributed by atoms with Crippen molar-refractivity contribution in [2.45, 2.75) is 26.2 Å². The fraction of sp³-hybridized carbons (Fsp3) is 0.538. The minimum absolute atomic E-state index is 0.278. The van der Waals surface area contributed by atoms with Gasteiger partial charge in [0, 0.05) is 0 Å². The summed E-state index contributed by atoms with van der Waals surface area (Å²) in [6.07, 6.45) is 3.32. The molecule has 1 aromatic rings. The number of piperidine rings is 1. The molecular weight excluding hydrogens is 222 g/mol. The molecule has 88 valence electrons. The smallest absolute Gasteiger partial charge is 0.137 e. The van der Waals surface area contributed by atoms with Crippen LogP contribution in [-0.4, -0.2) is 18.2 Å². The number of phenols is 1. The van der Waals surface area contributed by atoms with Crippen molar-refractivity contribution in [3.05, 3.63) is 28.3 Å². The maximum absolute atomic E-state index is 9.96. The number of halogens is 1. The van der Waals surface area contributed by atoms with Gasteiger partial charge in [-0.1, -0.05) is 17.7 Å². The normalized spacial score (nSPS) is 17.6. The van der Waals surface area contributed by atoms with Gasteiger partial charge < -0.3 is 10.4 Å². The van der Waals surface area contributed by atoms with Crippen molar-refractivity contribution in [1.29, 1.82) is 0 Å². The molecule has 0 bridgehead atoms. The Bertz CT molecular complexity index is 372. The molecule has 1 aromatic carbocycles. The molecule has 16 heavy (non-hydrogen) atoms. The summed E-state index contributed by atoms with van der Waals surface area (Å²) in [5.74, 6) is 0.949. The molecule has 1 aliphatic rings. The maximum Gasteiger partial charge on any atom is 0.137 e. The van der Waals surface area contributed by atoms with Gasteiger partial charge in [0.2, 0.25) is 0 Å². The van der Waals surface area contributed by atoms with Crippen molar-refractivity contribution < 1.29 is 5.11 Å². The summed E-state index contributed by atoms with van der Waals surface area (Å²) in [7, 11) is 0. The van der Waals surface area contributed by atoms with Crippen LogP contribution in [0, 0.1) is 12.8 Å². The predicted octanol–water partition coefficient (Wildman–Crippen LogP) is 2.90. The highest BCUT2D eigenvalue weighted by Crippen LogP contribution is 2.33.